The van der Waals surface area contributed by atoms with Crippen molar-refractivity contribution in [2.24, 2.45) is 57.2 Å². The van der Waals surface area contributed by atoms with E-state index in [1.165, 1.54) is 6.42 Å². The summed E-state index contributed by atoms with van der Waals surface area (Å²) in [5.41, 5.74) is 17.0. The summed E-state index contributed by atoms with van der Waals surface area (Å²) in [6.07, 6.45) is 3.10. The smallest absolute Gasteiger partial charge is 0.332 e. The molecule has 0 aromatic carbocycles. The van der Waals surface area contributed by atoms with Gasteiger partial charge in [0.15, 0.2) is 0 Å². The maximum atomic E-state index is 10.9. The van der Waals surface area contributed by atoms with Gasteiger partial charge in [0.1, 0.15) is 0 Å². The second-order valence-corrected chi connectivity index (χ2v) is 6.51. The Morgan fingerprint density at radius 1 is 0.857 bits per heavy atom. The maximum absolute atomic E-state index is 10.9. The van der Waals surface area contributed by atoms with Crippen LogP contribution in [0.25, 0.3) is 0 Å². The molecular weight excluding hydrogens is 272 g/mol. The first-order valence-corrected chi connectivity index (χ1v) is 7.30. The maximum Gasteiger partial charge on any atom is 0.332 e. The molecule has 4 saturated carbocycles. The van der Waals surface area contributed by atoms with Gasteiger partial charge in [0.2, 0.25) is 0 Å². The number of carbonyl (C=O) groups is 2. The van der Waals surface area contributed by atoms with Crippen molar-refractivity contribution in [3.8, 4) is 0 Å². The fourth-order valence-electron chi connectivity index (χ4n) is 5.42. The summed E-state index contributed by atoms with van der Waals surface area (Å²) in [6.45, 7) is 0. The number of fused-ring (bicyclic) bond motifs is 2. The number of urea groups is 2. The van der Waals surface area contributed by atoms with Crippen molar-refractivity contribution >= 4 is 23.5 Å². The molecule has 0 aromatic rings. The summed E-state index contributed by atoms with van der Waals surface area (Å²) >= 11 is 0. The highest BCUT2D eigenvalue weighted by atomic mass is 16.2. The van der Waals surface area contributed by atoms with Crippen LogP contribution in [0.2, 0.25) is 0 Å². The predicted octanol–water partition coefficient (Wildman–Crippen LogP) is -0.0431. The van der Waals surface area contributed by atoms with Gasteiger partial charge >= 0.3 is 12.1 Å². The third kappa shape index (κ3) is 1.68. The highest BCUT2D eigenvalue weighted by molar-refractivity contribution is 6.01. The van der Waals surface area contributed by atoms with E-state index in [1.54, 1.807) is 0 Å². The predicted molar refractivity (Wildman–Crippen MR) is 75.1 cm³/mol. The Kier molecular flexibility index (Phi) is 2.51. The largest absolute Gasteiger partial charge is 0.350 e. The van der Waals surface area contributed by atoms with Gasteiger partial charge in [-0.25, -0.2) is 20.4 Å². The van der Waals surface area contributed by atoms with Crippen molar-refractivity contribution in [1.29, 1.82) is 0 Å². The molecule has 8 nitrogen and oxygen atoms in total. The average Bonchev–Trinajstić information content (AvgIpc) is 3.03. The van der Waals surface area contributed by atoms with E-state index in [-0.39, 0.29) is 0 Å². The third-order valence-corrected chi connectivity index (χ3v) is 5.78. The number of amides is 4. The molecule has 4 amide bonds. The van der Waals surface area contributed by atoms with Crippen LogP contribution in [0.4, 0.5) is 9.59 Å². The van der Waals surface area contributed by atoms with Crippen LogP contribution in [0.15, 0.2) is 10.2 Å². The highest BCUT2D eigenvalue weighted by Crippen LogP contribution is 2.68. The number of hydrogen-bond donors (Lipinski definition) is 4. The lowest BCUT2D eigenvalue weighted by Gasteiger charge is -2.24. The molecule has 0 aromatic heterocycles. The molecule has 4 rings (SSSR count). The second-order valence-electron chi connectivity index (χ2n) is 6.51. The number of carbonyl (C=O) groups excluding carboxylic acids is 2. The van der Waals surface area contributed by atoms with Crippen LogP contribution in [0.1, 0.15) is 19.3 Å². The van der Waals surface area contributed by atoms with E-state index < -0.39 is 12.1 Å². The van der Waals surface area contributed by atoms with Crippen LogP contribution in [0.3, 0.4) is 0 Å². The zero-order chi connectivity index (χ0) is 14.7. The summed E-state index contributed by atoms with van der Waals surface area (Å²) in [7, 11) is 0. The molecule has 0 unspecified atom stereocenters. The number of nitrogens with one attached hydrogen (secondary N) is 2. The Labute approximate surface area is 121 Å². The topological polar surface area (TPSA) is 135 Å². The van der Waals surface area contributed by atoms with E-state index in [2.05, 4.69) is 21.1 Å². The number of rotatable bonds is 2. The molecule has 4 aliphatic carbocycles. The minimum atomic E-state index is -0.634. The van der Waals surface area contributed by atoms with Crippen LogP contribution in [-0.2, 0) is 0 Å². The molecule has 6 atom stereocenters. The Morgan fingerprint density at radius 2 is 1.29 bits per heavy atom. The lowest BCUT2D eigenvalue weighted by Crippen LogP contribution is -2.32. The summed E-state index contributed by atoms with van der Waals surface area (Å²) in [4.78, 5) is 21.7. The SMILES string of the molecule is NC(=O)N/N=C1/C[C@H]2[C@H]3C/C(=N\NC(N)=O)[C@@H]4[C@@H]3C[C@@H]2[C@H]14. The number of nitrogens with two attached hydrogens (primary N) is 2. The van der Waals surface area contributed by atoms with E-state index in [1.807, 2.05) is 0 Å². The van der Waals surface area contributed by atoms with E-state index in [4.69, 9.17) is 11.5 Å². The molecule has 112 valence electrons. The molecule has 0 spiro atoms. The zero-order valence-electron chi connectivity index (χ0n) is 11.5. The van der Waals surface area contributed by atoms with Crippen molar-refractivity contribution in [2.45, 2.75) is 19.3 Å². The van der Waals surface area contributed by atoms with E-state index in [0.29, 0.717) is 35.5 Å². The fourth-order valence-corrected chi connectivity index (χ4v) is 5.42. The molecule has 8 heteroatoms. The first-order chi connectivity index (χ1) is 10.1. The molecule has 0 heterocycles. The standard InChI is InChI=1S/C13H18N6O2/c14-12(20)18-16-8-2-4-5-3-9(17-19-13(15)21)11-7(5)1-6(4)10(8)11/h4-7,10-11H,1-3H2,(H3,14,18,20)(H3,15,19,21)/b16-8-,17-9+/t4-,5+,6-,7+,10+,11-/m0/s1. The first-order valence-electron chi connectivity index (χ1n) is 7.30. The zero-order valence-corrected chi connectivity index (χ0v) is 11.5. The Balaban J connectivity index is 1.63. The van der Waals surface area contributed by atoms with Crippen molar-refractivity contribution in [2.75, 3.05) is 0 Å². The van der Waals surface area contributed by atoms with Gasteiger partial charge in [0, 0.05) is 23.3 Å². The summed E-state index contributed by atoms with van der Waals surface area (Å²) in [6, 6.07) is -1.27. The molecule has 4 aliphatic rings. The van der Waals surface area contributed by atoms with Crippen molar-refractivity contribution < 1.29 is 9.59 Å². The van der Waals surface area contributed by atoms with E-state index in [0.717, 1.165) is 24.3 Å². The summed E-state index contributed by atoms with van der Waals surface area (Å²) in [5.74, 6) is 3.20. The Morgan fingerprint density at radius 3 is 1.67 bits per heavy atom. The summed E-state index contributed by atoms with van der Waals surface area (Å²) < 4.78 is 0. The van der Waals surface area contributed by atoms with E-state index >= 15 is 0 Å². The molecule has 0 radical (unpaired) electrons. The second kappa shape index (κ2) is 4.19. The van der Waals surface area contributed by atoms with Gasteiger partial charge in [-0.1, -0.05) is 0 Å². The number of hydrogen-bond acceptors (Lipinski definition) is 4. The monoisotopic (exact) mass is 290 g/mol. The number of hydrazone groups is 2. The normalized spacial score (nSPS) is 45.5. The van der Waals surface area contributed by atoms with Gasteiger partial charge < -0.3 is 11.5 Å². The molecular formula is C13H18N6O2. The first kappa shape index (κ1) is 12.6. The van der Waals surface area contributed by atoms with Gasteiger partial charge in [0.25, 0.3) is 0 Å². The van der Waals surface area contributed by atoms with Crippen molar-refractivity contribution in [3.05, 3.63) is 0 Å². The molecule has 0 aliphatic heterocycles. The molecule has 4 fully saturated rings. The molecule has 0 saturated heterocycles. The van der Waals surface area contributed by atoms with Crippen molar-refractivity contribution in [3.63, 3.8) is 0 Å². The van der Waals surface area contributed by atoms with Crippen LogP contribution >= 0.6 is 0 Å². The minimum absolute atomic E-state index is 0.332. The number of primary amides is 2. The van der Waals surface area contributed by atoms with Gasteiger partial charge in [-0.15, -0.1) is 0 Å². The minimum Gasteiger partial charge on any atom is -0.350 e. The fraction of sp³-hybridized carbons (Fsp3) is 0.692. The third-order valence-electron chi connectivity index (χ3n) is 5.78. The number of nitrogens with zero attached hydrogens (tertiary/aromatic N) is 2. The Bertz CT molecular complexity index is 531. The lowest BCUT2D eigenvalue weighted by molar-refractivity contribution is 0.241. The van der Waals surface area contributed by atoms with Crippen LogP contribution < -0.4 is 22.3 Å². The average molecular weight is 290 g/mol. The van der Waals surface area contributed by atoms with E-state index in [9.17, 15) is 9.59 Å². The van der Waals surface area contributed by atoms with Crippen molar-refractivity contribution in [1.82, 2.24) is 10.9 Å². The van der Waals surface area contributed by atoms with Gasteiger partial charge in [-0.3, -0.25) is 0 Å². The summed E-state index contributed by atoms with van der Waals surface area (Å²) in [5, 5.41) is 8.43. The van der Waals surface area contributed by atoms with Gasteiger partial charge in [-0.05, 0) is 42.9 Å². The molecule has 2 bridgehead atoms. The molecule has 21 heavy (non-hydrogen) atoms. The highest BCUT2D eigenvalue weighted by Gasteiger charge is 2.67. The van der Waals surface area contributed by atoms with Crippen LogP contribution in [0, 0.1) is 35.5 Å². The quantitative estimate of drug-likeness (QED) is 0.531. The molecule has 6 N–H and O–H groups in total. The Hall–Kier alpha value is -2.12. The van der Waals surface area contributed by atoms with Gasteiger partial charge in [-0.2, -0.15) is 10.2 Å². The van der Waals surface area contributed by atoms with Crippen LogP contribution in [-0.4, -0.2) is 23.5 Å². The lowest BCUT2D eigenvalue weighted by atomic mass is 9.79. The van der Waals surface area contributed by atoms with Gasteiger partial charge in [0.05, 0.1) is 0 Å². The van der Waals surface area contributed by atoms with Crippen LogP contribution in [0.5, 0.6) is 0 Å².